The van der Waals surface area contributed by atoms with Crippen LogP contribution < -0.4 is 15.8 Å². The summed E-state index contributed by atoms with van der Waals surface area (Å²) >= 11 is 6.98. The Labute approximate surface area is 269 Å². The lowest BCUT2D eigenvalue weighted by atomic mass is 9.96. The number of aryl methyl sites for hydroxylation is 1. The zero-order valence-electron chi connectivity index (χ0n) is 27.5. The van der Waals surface area contributed by atoms with Crippen LogP contribution in [-0.4, -0.2) is 68.4 Å². The summed E-state index contributed by atoms with van der Waals surface area (Å²) in [7, 11) is 2.35. The maximum absolute atomic E-state index is 14.3. The molecule has 0 radical (unpaired) electrons. The minimum atomic E-state index is -1.29. The van der Waals surface area contributed by atoms with E-state index in [0.29, 0.717) is 34.2 Å². The Morgan fingerprint density at radius 3 is 2.60 bits per heavy atom. The van der Waals surface area contributed by atoms with Crippen molar-refractivity contribution in [3.8, 4) is 11.1 Å². The predicted molar refractivity (Wildman–Crippen MR) is 181 cm³/mol. The Balaban J connectivity index is 1.41. The predicted octanol–water partition coefficient (Wildman–Crippen LogP) is 5.89. The molecule has 0 saturated carbocycles. The van der Waals surface area contributed by atoms with E-state index in [1.165, 1.54) is 0 Å². The number of ether oxygens (including phenoxy) is 2. The SMILES string of the molecule is Cn1cc2c(Cl)c(-c3cn(COCC[Si](C)(C)C)c4nc(N5[C@@H]6CC[C@H]5[C@@H](NC(=O)OC(C)(C)C)C6)n(C)c(=O)c34)ccc2n1. The van der Waals surface area contributed by atoms with Crippen molar-refractivity contribution in [1.82, 2.24) is 29.2 Å². The number of nitrogens with one attached hydrogen (secondary N) is 1. The Morgan fingerprint density at radius 1 is 1.13 bits per heavy atom. The van der Waals surface area contributed by atoms with Crippen molar-refractivity contribution in [3.63, 3.8) is 0 Å². The van der Waals surface area contributed by atoms with Gasteiger partial charge in [-0.3, -0.25) is 14.0 Å². The van der Waals surface area contributed by atoms with Crippen molar-refractivity contribution in [2.24, 2.45) is 14.1 Å². The fourth-order valence-electron chi connectivity index (χ4n) is 6.68. The van der Waals surface area contributed by atoms with E-state index in [-0.39, 0.29) is 30.4 Å². The smallest absolute Gasteiger partial charge is 0.407 e. The van der Waals surface area contributed by atoms with Gasteiger partial charge in [0.05, 0.1) is 28.0 Å². The average Bonchev–Trinajstić information content (AvgIpc) is 3.68. The van der Waals surface area contributed by atoms with Gasteiger partial charge >= 0.3 is 6.09 Å². The van der Waals surface area contributed by atoms with Crippen LogP contribution in [0.5, 0.6) is 0 Å². The lowest BCUT2D eigenvalue weighted by Crippen LogP contribution is -2.46. The molecule has 1 amide bonds. The molecule has 3 atom stereocenters. The Hall–Kier alpha value is -3.35. The van der Waals surface area contributed by atoms with Gasteiger partial charge in [-0.1, -0.05) is 37.3 Å². The third-order valence-electron chi connectivity index (χ3n) is 8.80. The number of aromatic nitrogens is 5. The number of alkyl carbamates (subject to hydrolysis) is 1. The van der Waals surface area contributed by atoms with Gasteiger partial charge in [0.15, 0.2) is 5.65 Å². The maximum atomic E-state index is 14.3. The number of halogens is 1. The second kappa shape index (κ2) is 11.5. The van der Waals surface area contributed by atoms with E-state index < -0.39 is 19.8 Å². The lowest BCUT2D eigenvalue weighted by molar-refractivity contribution is 0.0497. The van der Waals surface area contributed by atoms with Gasteiger partial charge in [0.25, 0.3) is 5.56 Å². The van der Waals surface area contributed by atoms with Crippen LogP contribution in [0.25, 0.3) is 33.1 Å². The number of benzene rings is 1. The van der Waals surface area contributed by atoms with E-state index in [0.717, 1.165) is 41.8 Å². The van der Waals surface area contributed by atoms with Crippen molar-refractivity contribution < 1.29 is 14.3 Å². The zero-order chi connectivity index (χ0) is 32.4. The van der Waals surface area contributed by atoms with Crippen LogP contribution in [0.2, 0.25) is 30.7 Å². The van der Waals surface area contributed by atoms with Crippen molar-refractivity contribution in [2.75, 3.05) is 11.5 Å². The van der Waals surface area contributed by atoms with E-state index in [1.807, 2.05) is 56.9 Å². The summed E-state index contributed by atoms with van der Waals surface area (Å²) in [4.78, 5) is 34.4. The maximum Gasteiger partial charge on any atom is 0.407 e. The first-order valence-electron chi connectivity index (χ1n) is 15.7. The molecular weight excluding hydrogens is 610 g/mol. The minimum absolute atomic E-state index is 0.0105. The molecule has 0 spiro atoms. The molecule has 11 nitrogen and oxygen atoms in total. The standard InChI is InChI=1S/C32H44ClN7O4Si/c1-32(2,3)44-31(42)34-24-15-19-9-12-25(24)40(19)30-35-28-26(29(41)38(30)5)21(17-39(28)18-43-13-14-45(6,7)8)20-10-11-23-22(27(20)33)16-37(4)36-23/h10-11,16-17,19,24-25H,9,12-15,18H2,1-8H3,(H,34,42)/t19-,24+,25+/m1/s1. The first-order valence-corrected chi connectivity index (χ1v) is 19.8. The second-order valence-corrected chi connectivity index (χ2v) is 20.7. The molecule has 1 N–H and O–H groups in total. The number of anilines is 1. The van der Waals surface area contributed by atoms with Gasteiger partial charge in [-0.05, 0) is 52.1 Å². The number of hydrogen-bond donors (Lipinski definition) is 1. The van der Waals surface area contributed by atoms with Crippen molar-refractivity contribution in [2.45, 2.75) is 96.2 Å². The highest BCUT2D eigenvalue weighted by Crippen LogP contribution is 2.42. The summed E-state index contributed by atoms with van der Waals surface area (Å²) in [5.74, 6) is 0.593. The third-order valence-corrected chi connectivity index (χ3v) is 10.9. The molecule has 2 bridgehead atoms. The summed E-state index contributed by atoms with van der Waals surface area (Å²) in [6.07, 6.45) is 6.04. The molecule has 2 aliphatic heterocycles. The molecule has 13 heteroatoms. The van der Waals surface area contributed by atoms with Crippen molar-refractivity contribution >= 4 is 53.7 Å². The Morgan fingerprint density at radius 2 is 1.89 bits per heavy atom. The van der Waals surface area contributed by atoms with Gasteiger partial charge in [-0.2, -0.15) is 10.1 Å². The molecule has 0 aliphatic carbocycles. The van der Waals surface area contributed by atoms with Crippen LogP contribution in [0.4, 0.5) is 10.7 Å². The van der Waals surface area contributed by atoms with Gasteiger partial charge in [-0.25, -0.2) is 4.79 Å². The van der Waals surface area contributed by atoms with E-state index in [9.17, 15) is 9.59 Å². The van der Waals surface area contributed by atoms with Gasteiger partial charge in [-0.15, -0.1) is 0 Å². The summed E-state index contributed by atoms with van der Waals surface area (Å²) < 4.78 is 17.0. The molecule has 6 rings (SSSR count). The third kappa shape index (κ3) is 6.11. The Bertz CT molecular complexity index is 1830. The van der Waals surface area contributed by atoms with Crippen LogP contribution in [0.1, 0.15) is 40.0 Å². The fraction of sp³-hybridized carbons (Fsp3) is 0.562. The highest BCUT2D eigenvalue weighted by molar-refractivity contribution is 6.76. The molecule has 1 aromatic carbocycles. The van der Waals surface area contributed by atoms with Crippen molar-refractivity contribution in [3.05, 3.63) is 39.9 Å². The Kier molecular flexibility index (Phi) is 8.06. The van der Waals surface area contributed by atoms with Gasteiger partial charge < -0.3 is 24.3 Å². The first-order chi connectivity index (χ1) is 21.1. The van der Waals surface area contributed by atoms with E-state index in [4.69, 9.17) is 26.1 Å². The molecule has 2 fully saturated rings. The molecular formula is C32H44ClN7O4Si. The first kappa shape index (κ1) is 31.6. The molecule has 3 aromatic heterocycles. The van der Waals surface area contributed by atoms with Crippen LogP contribution >= 0.6 is 11.6 Å². The molecule has 4 aromatic rings. The molecule has 242 valence electrons. The van der Waals surface area contributed by atoms with E-state index in [1.54, 1.807) is 16.3 Å². The van der Waals surface area contributed by atoms with Crippen LogP contribution in [0.3, 0.4) is 0 Å². The van der Waals surface area contributed by atoms with Crippen LogP contribution in [0, 0.1) is 0 Å². The summed E-state index contributed by atoms with van der Waals surface area (Å²) in [6, 6.07) is 4.95. The summed E-state index contributed by atoms with van der Waals surface area (Å²) in [5, 5.41) is 9.43. The van der Waals surface area contributed by atoms with E-state index in [2.05, 4.69) is 35.0 Å². The molecule has 5 heterocycles. The number of nitrogens with zero attached hydrogens (tertiary/aromatic N) is 6. The molecule has 2 aliphatic rings. The average molecular weight is 654 g/mol. The van der Waals surface area contributed by atoms with Gasteiger partial charge in [0, 0.05) is 63.7 Å². The summed E-state index contributed by atoms with van der Waals surface area (Å²) in [6.45, 7) is 13.4. The van der Waals surface area contributed by atoms with Crippen molar-refractivity contribution in [1.29, 1.82) is 0 Å². The zero-order valence-corrected chi connectivity index (χ0v) is 29.2. The number of amides is 1. The lowest BCUT2D eigenvalue weighted by Gasteiger charge is -2.28. The number of carbonyl (C=O) groups is 1. The molecule has 2 saturated heterocycles. The van der Waals surface area contributed by atoms with Crippen LogP contribution in [-0.2, 0) is 30.3 Å². The second-order valence-electron chi connectivity index (χ2n) is 14.7. The molecule has 45 heavy (non-hydrogen) atoms. The minimum Gasteiger partial charge on any atom is -0.444 e. The largest absolute Gasteiger partial charge is 0.444 e. The molecule has 0 unspecified atom stereocenters. The summed E-state index contributed by atoms with van der Waals surface area (Å²) in [5.41, 5.74) is 2.07. The van der Waals surface area contributed by atoms with E-state index >= 15 is 0 Å². The van der Waals surface area contributed by atoms with Crippen LogP contribution in [0.15, 0.2) is 29.3 Å². The quantitative estimate of drug-likeness (QED) is 0.187. The fourth-order valence-corrected chi connectivity index (χ4v) is 7.75. The number of carbonyl (C=O) groups excluding carboxylic acids is 1. The number of hydrogen-bond acceptors (Lipinski definition) is 7. The topological polar surface area (TPSA) is 108 Å². The monoisotopic (exact) mass is 653 g/mol. The van der Waals surface area contributed by atoms with Gasteiger partial charge in [0.2, 0.25) is 5.95 Å². The van der Waals surface area contributed by atoms with Gasteiger partial charge in [0.1, 0.15) is 12.3 Å². The normalized spacial score (nSPS) is 20.1. The highest BCUT2D eigenvalue weighted by Gasteiger charge is 2.49. The highest BCUT2D eigenvalue weighted by atomic mass is 35.5. The number of fused-ring (bicyclic) bond motifs is 4. The number of rotatable bonds is 8.